The Morgan fingerprint density at radius 3 is 2.23 bits per heavy atom. The van der Waals surface area contributed by atoms with Gasteiger partial charge in [0, 0.05) is 45.0 Å². The van der Waals surface area contributed by atoms with Crippen molar-refractivity contribution in [3.8, 4) is 17.2 Å². The van der Waals surface area contributed by atoms with Gasteiger partial charge in [0.1, 0.15) is 23.5 Å². The molecule has 1 saturated heterocycles. The number of hydrogen-bond donors (Lipinski definition) is 1. The van der Waals surface area contributed by atoms with E-state index in [0.29, 0.717) is 37.3 Å². The van der Waals surface area contributed by atoms with Crippen molar-refractivity contribution in [2.24, 2.45) is 5.92 Å². The number of rotatable bonds is 17. The molecule has 2 aliphatic rings. The lowest BCUT2D eigenvalue weighted by Crippen LogP contribution is -2.56. The molecule has 13 nitrogen and oxygen atoms in total. The van der Waals surface area contributed by atoms with Gasteiger partial charge in [0.15, 0.2) is 11.5 Å². The highest BCUT2D eigenvalue weighted by Gasteiger charge is 2.35. The fourth-order valence-electron chi connectivity index (χ4n) is 6.04. The summed E-state index contributed by atoms with van der Waals surface area (Å²) >= 11 is 12.9. The van der Waals surface area contributed by atoms with Crippen LogP contribution in [0.1, 0.15) is 61.2 Å². The van der Waals surface area contributed by atoms with Crippen LogP contribution in [0, 0.1) is 5.92 Å². The maximum Gasteiger partial charge on any atom is 0.387 e. The van der Waals surface area contributed by atoms with E-state index in [0.717, 1.165) is 17.1 Å². The molecule has 0 spiro atoms. The summed E-state index contributed by atoms with van der Waals surface area (Å²) in [5.41, 5.74) is -0.163. The zero-order valence-corrected chi connectivity index (χ0v) is 34.1. The molecule has 1 aliphatic carbocycles. The predicted molar refractivity (Wildman–Crippen MR) is 207 cm³/mol. The van der Waals surface area contributed by atoms with Crippen molar-refractivity contribution in [1.29, 1.82) is 0 Å². The Balaban J connectivity index is 1.50. The highest BCUT2D eigenvalue weighted by atomic mass is 35.5. The monoisotopic (exact) mass is 842 g/mol. The van der Waals surface area contributed by atoms with Crippen LogP contribution in [0.15, 0.2) is 48.8 Å². The van der Waals surface area contributed by atoms with E-state index < -0.39 is 47.2 Å². The van der Waals surface area contributed by atoms with Gasteiger partial charge >= 0.3 is 18.6 Å². The largest absolute Gasteiger partial charge is 0.495 e. The molecule has 306 valence electrons. The molecule has 2 unspecified atom stereocenters. The van der Waals surface area contributed by atoms with Crippen molar-refractivity contribution in [2.45, 2.75) is 64.4 Å². The van der Waals surface area contributed by atoms with E-state index in [2.05, 4.69) is 9.88 Å². The first kappa shape index (κ1) is 43.2. The Morgan fingerprint density at radius 2 is 1.64 bits per heavy atom. The van der Waals surface area contributed by atoms with Crippen molar-refractivity contribution < 1.29 is 50.5 Å². The Hall–Kier alpha value is -3.96. The summed E-state index contributed by atoms with van der Waals surface area (Å²) in [5.74, 6) is -1.24. The fourth-order valence-corrected chi connectivity index (χ4v) is 7.18. The van der Waals surface area contributed by atoms with Crippen LogP contribution in [-0.4, -0.2) is 107 Å². The average Bonchev–Trinajstić information content (AvgIpc) is 3.96. The van der Waals surface area contributed by atoms with Crippen LogP contribution in [0.5, 0.6) is 17.2 Å². The summed E-state index contributed by atoms with van der Waals surface area (Å²) in [6.45, 7) is 4.32. The lowest BCUT2D eigenvalue weighted by molar-refractivity contribution is -0.161. The molecule has 2 aromatic carbocycles. The lowest BCUT2D eigenvalue weighted by atomic mass is 10.0. The van der Waals surface area contributed by atoms with Crippen molar-refractivity contribution >= 4 is 51.7 Å². The number of hydrogen-bond acceptors (Lipinski definition) is 12. The first-order valence-corrected chi connectivity index (χ1v) is 19.9. The van der Waals surface area contributed by atoms with E-state index in [1.54, 1.807) is 20.8 Å². The van der Waals surface area contributed by atoms with Crippen molar-refractivity contribution in [3.63, 3.8) is 0 Å². The number of esters is 2. The molecular weight excluding hydrogens is 797 g/mol. The SMILES string of the molecule is COc1ccc(C(=O)OC(Cc2c(Cl)cncc2Cl)c2ccc(OC(F)F)c(OCC3CC3)c2)cc1N(CC(C(=O)OC(C)(C)C)N1CCN(C)CC1)[SH](=O)=O. The van der Waals surface area contributed by atoms with Crippen LogP contribution in [0.25, 0.3) is 0 Å². The maximum atomic E-state index is 14.1. The van der Waals surface area contributed by atoms with Gasteiger partial charge in [-0.05, 0) is 88.0 Å². The lowest BCUT2D eigenvalue weighted by Gasteiger charge is -2.39. The standard InChI is InChI=1S/C38H46Cl2F2N4O9S/c1-38(2,3)55-36(48)30(45-14-12-44(4)13-15-45)21-46(56(49)50)29-16-25(9-10-31(29)51-5)35(47)53-33(18-26-27(39)19-43-20-28(26)40)24-8-11-32(54-37(41)42)34(17-24)52-22-23-6-7-23/h8-11,16-17,19-20,23,30,33,37,56H,6-7,12-15,18,21-22H2,1-5H3. The van der Waals surface area contributed by atoms with Gasteiger partial charge in [-0.25, -0.2) is 13.2 Å². The van der Waals surface area contributed by atoms with Gasteiger partial charge in [0.2, 0.25) is 10.9 Å². The second-order valence-electron chi connectivity index (χ2n) is 14.6. The molecule has 18 heteroatoms. The third kappa shape index (κ3) is 11.8. The molecule has 0 radical (unpaired) electrons. The van der Waals surface area contributed by atoms with Crippen molar-refractivity contribution in [2.75, 3.05) is 57.8 Å². The minimum absolute atomic E-state index is 0.0122. The third-order valence-corrected chi connectivity index (χ3v) is 10.6. The third-order valence-electron chi connectivity index (χ3n) is 9.21. The van der Waals surface area contributed by atoms with Crippen molar-refractivity contribution in [3.05, 3.63) is 75.5 Å². The second-order valence-corrected chi connectivity index (χ2v) is 16.4. The number of carbonyl (C=O) groups excluding carboxylic acids is 2. The van der Waals surface area contributed by atoms with Crippen LogP contribution < -0.4 is 18.5 Å². The molecule has 0 bridgehead atoms. The van der Waals surface area contributed by atoms with Crippen LogP contribution in [0.3, 0.4) is 0 Å². The summed E-state index contributed by atoms with van der Waals surface area (Å²) in [5, 5.41) is 0.394. The Labute approximate surface area is 336 Å². The van der Waals surface area contributed by atoms with Crippen molar-refractivity contribution in [1.82, 2.24) is 14.8 Å². The van der Waals surface area contributed by atoms with Crippen LogP contribution >= 0.6 is 23.2 Å². The molecule has 1 aliphatic heterocycles. The van der Waals surface area contributed by atoms with E-state index >= 15 is 0 Å². The number of carbonyl (C=O) groups is 2. The average molecular weight is 844 g/mol. The van der Waals surface area contributed by atoms with E-state index in [1.807, 2.05) is 11.9 Å². The molecule has 3 aromatic rings. The Kier molecular flexibility index (Phi) is 14.6. The number of alkyl halides is 2. The van der Waals surface area contributed by atoms with E-state index in [-0.39, 0.29) is 64.0 Å². The molecule has 2 fully saturated rings. The predicted octanol–water partition coefficient (Wildman–Crippen LogP) is 6.22. The zero-order chi connectivity index (χ0) is 40.7. The van der Waals surface area contributed by atoms with Crippen LogP contribution in [0.4, 0.5) is 14.5 Å². The second kappa shape index (κ2) is 19.0. The maximum absolute atomic E-state index is 14.1. The minimum atomic E-state index is -3.38. The summed E-state index contributed by atoms with van der Waals surface area (Å²) < 4.78 is 81.6. The molecule has 2 atom stereocenters. The van der Waals surface area contributed by atoms with E-state index in [1.165, 1.54) is 55.9 Å². The number of ether oxygens (including phenoxy) is 5. The Bertz CT molecular complexity index is 1910. The molecule has 56 heavy (non-hydrogen) atoms. The summed E-state index contributed by atoms with van der Waals surface area (Å²) in [6.07, 6.45) is 3.48. The summed E-state index contributed by atoms with van der Waals surface area (Å²) in [6, 6.07) is 7.36. The van der Waals surface area contributed by atoms with Crippen LogP contribution in [0.2, 0.25) is 10.0 Å². The van der Waals surface area contributed by atoms with Gasteiger partial charge in [-0.3, -0.25) is 19.0 Å². The minimum Gasteiger partial charge on any atom is -0.495 e. The number of methoxy groups -OCH3 is 1. The molecule has 1 saturated carbocycles. The topological polar surface area (TPSA) is 137 Å². The highest BCUT2D eigenvalue weighted by molar-refractivity contribution is 7.74. The van der Waals surface area contributed by atoms with Gasteiger partial charge in [0.25, 0.3) is 0 Å². The number of nitrogens with zero attached hydrogens (tertiary/aromatic N) is 4. The number of thiol groups is 1. The van der Waals surface area contributed by atoms with Gasteiger partial charge < -0.3 is 28.6 Å². The number of pyridine rings is 1. The number of aromatic nitrogens is 1. The fraction of sp³-hybridized carbons (Fsp3) is 0.500. The first-order chi connectivity index (χ1) is 26.5. The number of anilines is 1. The highest BCUT2D eigenvalue weighted by Crippen LogP contribution is 2.39. The normalized spacial score (nSPS) is 16.3. The number of piperazine rings is 1. The molecule has 0 N–H and O–H groups in total. The number of halogens is 4. The molecule has 5 rings (SSSR count). The van der Waals surface area contributed by atoms with E-state index in [4.69, 9.17) is 46.9 Å². The zero-order valence-electron chi connectivity index (χ0n) is 31.7. The van der Waals surface area contributed by atoms with Gasteiger partial charge in [-0.2, -0.15) is 8.78 Å². The number of likely N-dealkylation sites (N-methyl/N-ethyl adjacent to an activating group) is 1. The first-order valence-electron chi connectivity index (χ1n) is 18.0. The number of benzene rings is 2. The summed E-state index contributed by atoms with van der Waals surface area (Å²) in [7, 11) is -0.0767. The smallest absolute Gasteiger partial charge is 0.387 e. The van der Waals surface area contributed by atoms with Crippen LogP contribution in [-0.2, 0) is 31.6 Å². The molecule has 1 aromatic heterocycles. The van der Waals surface area contributed by atoms with Gasteiger partial charge in [-0.15, -0.1) is 0 Å². The van der Waals surface area contributed by atoms with E-state index in [9.17, 15) is 26.8 Å². The molecule has 2 heterocycles. The Morgan fingerprint density at radius 1 is 0.982 bits per heavy atom. The molecular formula is C38H46Cl2F2N4O9S. The quantitative estimate of drug-likeness (QED) is 0.122. The molecule has 0 amide bonds. The van der Waals surface area contributed by atoms with Gasteiger partial charge in [0.05, 0.1) is 41.6 Å². The summed E-state index contributed by atoms with van der Waals surface area (Å²) in [4.78, 5) is 35.6. The van der Waals surface area contributed by atoms with Gasteiger partial charge in [-0.1, -0.05) is 29.3 Å².